The van der Waals surface area contributed by atoms with E-state index in [2.05, 4.69) is 12.2 Å². The Morgan fingerprint density at radius 3 is 1.84 bits per heavy atom. The number of alkyl carbamates (subject to hydrolysis) is 1. The fourth-order valence-electron chi connectivity index (χ4n) is 2.59. The zero-order valence-electron chi connectivity index (χ0n) is 17.0. The lowest BCUT2D eigenvalue weighted by molar-refractivity contribution is -0.149. The van der Waals surface area contributed by atoms with E-state index < -0.39 is 17.6 Å². The van der Waals surface area contributed by atoms with Crippen molar-refractivity contribution in [1.82, 2.24) is 5.32 Å². The molecular weight excluding hydrogens is 318 g/mol. The van der Waals surface area contributed by atoms with Gasteiger partial charge in [-0.25, -0.2) is 9.59 Å². The number of amides is 1. The van der Waals surface area contributed by atoms with Gasteiger partial charge in [-0.2, -0.15) is 0 Å². The van der Waals surface area contributed by atoms with E-state index in [1.54, 1.807) is 6.92 Å². The van der Waals surface area contributed by atoms with E-state index >= 15 is 0 Å². The molecule has 1 atom stereocenters. The number of hydrogen-bond acceptors (Lipinski definition) is 4. The van der Waals surface area contributed by atoms with Crippen LogP contribution in [0.5, 0.6) is 0 Å². The molecule has 0 spiro atoms. The van der Waals surface area contributed by atoms with Gasteiger partial charge < -0.3 is 14.8 Å². The number of ether oxygens (including phenoxy) is 2. The van der Waals surface area contributed by atoms with E-state index in [0.29, 0.717) is 6.61 Å². The van der Waals surface area contributed by atoms with Crippen LogP contribution < -0.4 is 5.32 Å². The van der Waals surface area contributed by atoms with E-state index in [1.165, 1.54) is 44.9 Å². The van der Waals surface area contributed by atoms with Gasteiger partial charge in [-0.05, 0) is 18.8 Å². The van der Waals surface area contributed by atoms with Crippen LogP contribution in [0.2, 0.25) is 0 Å². The number of carbonyl (C=O) groups is 2. The van der Waals surface area contributed by atoms with Gasteiger partial charge in [-0.1, -0.05) is 79.1 Å². The van der Waals surface area contributed by atoms with Gasteiger partial charge in [0.2, 0.25) is 0 Å². The summed E-state index contributed by atoms with van der Waals surface area (Å²) in [6.07, 6.45) is 10.4. The molecule has 0 aromatic rings. The predicted molar refractivity (Wildman–Crippen MR) is 102 cm³/mol. The number of nitrogens with one attached hydrogen (secondary N) is 1. The second kappa shape index (κ2) is 14.0. The minimum absolute atomic E-state index is 0.274. The van der Waals surface area contributed by atoms with Crippen molar-refractivity contribution in [3.05, 3.63) is 0 Å². The van der Waals surface area contributed by atoms with Crippen LogP contribution in [0.4, 0.5) is 4.79 Å². The van der Waals surface area contributed by atoms with Crippen LogP contribution in [0.15, 0.2) is 0 Å². The molecule has 0 aliphatic carbocycles. The standard InChI is InChI=1S/C20H39NO4/c1-6-8-9-10-11-12-13-14-15-16-25-18(22)17(20(3,4)5)21-19(23)24-7-2/h17H,6-16H2,1-5H3,(H,21,23). The summed E-state index contributed by atoms with van der Waals surface area (Å²) in [5.74, 6) is -0.389. The smallest absolute Gasteiger partial charge is 0.407 e. The lowest BCUT2D eigenvalue weighted by Crippen LogP contribution is -2.50. The van der Waals surface area contributed by atoms with Crippen LogP contribution >= 0.6 is 0 Å². The Morgan fingerprint density at radius 1 is 0.840 bits per heavy atom. The fourth-order valence-corrected chi connectivity index (χ4v) is 2.59. The molecule has 0 aromatic heterocycles. The molecule has 0 aliphatic heterocycles. The molecule has 0 rings (SSSR count). The summed E-state index contributed by atoms with van der Waals surface area (Å²) in [5, 5.41) is 2.61. The Hall–Kier alpha value is -1.26. The Labute approximate surface area is 154 Å². The Bertz CT molecular complexity index is 363. The van der Waals surface area contributed by atoms with Gasteiger partial charge in [0.25, 0.3) is 0 Å². The highest BCUT2D eigenvalue weighted by molar-refractivity contribution is 5.82. The van der Waals surface area contributed by atoms with Crippen molar-refractivity contribution in [2.24, 2.45) is 5.41 Å². The van der Waals surface area contributed by atoms with Crippen molar-refractivity contribution < 1.29 is 19.1 Å². The molecule has 0 saturated carbocycles. The normalized spacial score (nSPS) is 12.5. The highest BCUT2D eigenvalue weighted by atomic mass is 16.6. The summed E-state index contributed by atoms with van der Waals surface area (Å²) in [4.78, 5) is 23.9. The highest BCUT2D eigenvalue weighted by Crippen LogP contribution is 2.21. The molecule has 1 amide bonds. The first-order valence-electron chi connectivity index (χ1n) is 9.92. The van der Waals surface area contributed by atoms with Gasteiger partial charge in [0.1, 0.15) is 6.04 Å². The van der Waals surface area contributed by atoms with Gasteiger partial charge in [0.05, 0.1) is 13.2 Å². The van der Waals surface area contributed by atoms with Crippen molar-refractivity contribution in [3.8, 4) is 0 Å². The maximum atomic E-state index is 12.3. The van der Waals surface area contributed by atoms with Gasteiger partial charge in [0.15, 0.2) is 0 Å². The number of esters is 1. The van der Waals surface area contributed by atoms with Crippen LogP contribution in [-0.4, -0.2) is 31.3 Å². The summed E-state index contributed by atoms with van der Waals surface area (Å²) in [6.45, 7) is 10.3. The number of carbonyl (C=O) groups excluding carboxylic acids is 2. The van der Waals surface area contributed by atoms with Gasteiger partial charge in [-0.15, -0.1) is 0 Å². The first-order chi connectivity index (χ1) is 11.8. The molecule has 0 aliphatic rings. The maximum absolute atomic E-state index is 12.3. The first kappa shape index (κ1) is 23.7. The largest absolute Gasteiger partial charge is 0.464 e. The van der Waals surface area contributed by atoms with Gasteiger partial charge >= 0.3 is 12.1 Å². The summed E-state index contributed by atoms with van der Waals surface area (Å²) < 4.78 is 10.2. The molecule has 5 nitrogen and oxygen atoms in total. The molecule has 0 heterocycles. The lowest BCUT2D eigenvalue weighted by atomic mass is 9.87. The summed E-state index contributed by atoms with van der Waals surface area (Å²) in [6, 6.07) is -0.704. The Morgan fingerprint density at radius 2 is 1.36 bits per heavy atom. The summed E-state index contributed by atoms with van der Waals surface area (Å²) in [5.41, 5.74) is -0.428. The van der Waals surface area contributed by atoms with Crippen LogP contribution in [0.1, 0.15) is 92.4 Å². The lowest BCUT2D eigenvalue weighted by Gasteiger charge is -2.29. The minimum Gasteiger partial charge on any atom is -0.464 e. The average Bonchev–Trinajstić information content (AvgIpc) is 2.53. The third-order valence-electron chi connectivity index (χ3n) is 4.13. The molecule has 0 bridgehead atoms. The van der Waals surface area contributed by atoms with E-state index in [0.717, 1.165) is 12.8 Å². The Balaban J connectivity index is 3.94. The molecule has 0 fully saturated rings. The quantitative estimate of drug-likeness (QED) is 0.362. The van der Waals surface area contributed by atoms with Crippen LogP contribution in [0, 0.1) is 5.41 Å². The monoisotopic (exact) mass is 357 g/mol. The second-order valence-electron chi connectivity index (χ2n) is 7.66. The van der Waals surface area contributed by atoms with E-state index in [9.17, 15) is 9.59 Å². The molecule has 25 heavy (non-hydrogen) atoms. The topological polar surface area (TPSA) is 64.6 Å². The van der Waals surface area contributed by atoms with Crippen molar-refractivity contribution in [3.63, 3.8) is 0 Å². The molecule has 1 N–H and O–H groups in total. The van der Waals surface area contributed by atoms with Gasteiger partial charge in [-0.3, -0.25) is 0 Å². The Kier molecular flexibility index (Phi) is 13.3. The van der Waals surface area contributed by atoms with Gasteiger partial charge in [0, 0.05) is 0 Å². The number of rotatable bonds is 13. The number of hydrogen-bond donors (Lipinski definition) is 1. The van der Waals surface area contributed by atoms with Crippen molar-refractivity contribution in [2.45, 2.75) is 98.4 Å². The predicted octanol–water partition coefficient (Wildman–Crippen LogP) is 5.22. The number of unbranched alkanes of at least 4 members (excludes halogenated alkanes) is 8. The molecule has 5 heteroatoms. The molecule has 0 radical (unpaired) electrons. The molecule has 148 valence electrons. The minimum atomic E-state index is -0.704. The van der Waals surface area contributed by atoms with Crippen molar-refractivity contribution >= 4 is 12.1 Å². The molecule has 1 unspecified atom stereocenters. The van der Waals surface area contributed by atoms with E-state index in [-0.39, 0.29) is 12.6 Å². The molecular formula is C20H39NO4. The fraction of sp³-hybridized carbons (Fsp3) is 0.900. The third kappa shape index (κ3) is 12.7. The van der Waals surface area contributed by atoms with E-state index in [4.69, 9.17) is 9.47 Å². The van der Waals surface area contributed by atoms with E-state index in [1.807, 2.05) is 20.8 Å². The SMILES string of the molecule is CCCCCCCCCCCOC(=O)C(NC(=O)OCC)C(C)(C)C. The molecule has 0 saturated heterocycles. The third-order valence-corrected chi connectivity index (χ3v) is 4.13. The second-order valence-corrected chi connectivity index (χ2v) is 7.66. The summed E-state index contributed by atoms with van der Waals surface area (Å²) in [7, 11) is 0. The van der Waals surface area contributed by atoms with Crippen molar-refractivity contribution in [2.75, 3.05) is 13.2 Å². The first-order valence-corrected chi connectivity index (χ1v) is 9.92. The zero-order valence-corrected chi connectivity index (χ0v) is 17.0. The maximum Gasteiger partial charge on any atom is 0.407 e. The zero-order chi connectivity index (χ0) is 19.1. The molecule has 0 aromatic carbocycles. The van der Waals surface area contributed by atoms with Crippen LogP contribution in [-0.2, 0) is 14.3 Å². The average molecular weight is 358 g/mol. The highest BCUT2D eigenvalue weighted by Gasteiger charge is 2.34. The van der Waals surface area contributed by atoms with Crippen LogP contribution in [0.3, 0.4) is 0 Å². The van der Waals surface area contributed by atoms with Crippen molar-refractivity contribution in [1.29, 1.82) is 0 Å². The summed E-state index contributed by atoms with van der Waals surface area (Å²) >= 11 is 0. The van der Waals surface area contributed by atoms with Crippen LogP contribution in [0.25, 0.3) is 0 Å².